The van der Waals surface area contributed by atoms with Crippen molar-refractivity contribution in [1.82, 2.24) is 38.2 Å². The third-order valence-corrected chi connectivity index (χ3v) is 21.1. The minimum absolute atomic E-state index is 0.00955. The molecule has 4 N–H and O–H groups in total. The van der Waals surface area contributed by atoms with Crippen molar-refractivity contribution < 1.29 is 149 Å². The molecule has 15 atom stereocenters. The van der Waals surface area contributed by atoms with Crippen molar-refractivity contribution in [3.63, 3.8) is 0 Å². The smallest absolute Gasteiger partial charge is 0.471 e. The van der Waals surface area contributed by atoms with Gasteiger partial charge in [0.2, 0.25) is 5.88 Å². The van der Waals surface area contributed by atoms with Crippen LogP contribution >= 0.6 is 23.5 Å². The summed E-state index contributed by atoms with van der Waals surface area (Å²) in [6, 6.07) is 0. The van der Waals surface area contributed by atoms with Crippen molar-refractivity contribution in [2.75, 3.05) is 46.2 Å². The maximum Gasteiger partial charge on any atom is 0.475 e. The Bertz CT molecular complexity index is 4590. The van der Waals surface area contributed by atoms with E-state index in [0.29, 0.717) is 10.8 Å². The fourth-order valence-corrected chi connectivity index (χ4v) is 15.0. The van der Waals surface area contributed by atoms with Gasteiger partial charge < -0.3 is 28.8 Å². The van der Waals surface area contributed by atoms with E-state index < -0.39 is 255 Å². The number of hydrogen-bond acceptors (Lipinski definition) is 26. The van der Waals surface area contributed by atoms with Crippen LogP contribution in [0.1, 0.15) is 86.2 Å². The largest absolute Gasteiger partial charge is 0.475 e. The third kappa shape index (κ3) is 18.6. The van der Waals surface area contributed by atoms with Crippen molar-refractivity contribution in [2.24, 2.45) is 0 Å². The topological polar surface area (TPSA) is 400 Å². The summed E-state index contributed by atoms with van der Waals surface area (Å²) in [5.74, 6) is -50.0. The third-order valence-electron chi connectivity index (χ3n) is 16.7. The fraction of sp³-hybridized carbons (Fsp3) is 0.621. The molecule has 0 aliphatic carbocycles. The van der Waals surface area contributed by atoms with Gasteiger partial charge in [0.05, 0.1) is 58.0 Å². The molecule has 15 unspecified atom stereocenters. The Morgan fingerprint density at radius 1 is 0.477 bits per heavy atom. The molecule has 4 aliphatic rings. The van der Waals surface area contributed by atoms with Crippen molar-refractivity contribution in [3.8, 4) is 5.88 Å². The minimum atomic E-state index is -8.58. The molecule has 0 radical (unpaired) electrons. The first-order valence-corrected chi connectivity index (χ1v) is 36.2. The zero-order valence-electron chi connectivity index (χ0n) is 57.1. The van der Waals surface area contributed by atoms with Gasteiger partial charge in [0, 0.05) is 72.7 Å². The lowest BCUT2D eigenvalue weighted by Gasteiger charge is -2.41. The van der Waals surface area contributed by atoms with Gasteiger partial charge in [0.15, 0.2) is 6.61 Å². The zero-order chi connectivity index (χ0) is 81.3. The lowest BCUT2D eigenvalue weighted by atomic mass is 9.91. The molecule has 0 bridgehead atoms. The molecule has 0 spiro atoms. The van der Waals surface area contributed by atoms with Gasteiger partial charge in [0.1, 0.15) is 55.4 Å². The van der Waals surface area contributed by atoms with E-state index in [1.807, 2.05) is 0 Å². The Hall–Kier alpha value is -6.98. The number of alkyl halides is 15. The second kappa shape index (κ2) is 33.4. The van der Waals surface area contributed by atoms with Crippen LogP contribution in [0.5, 0.6) is 5.88 Å². The summed E-state index contributed by atoms with van der Waals surface area (Å²) in [6.07, 6.45) is -20.8. The number of H-pyrrole nitrogens is 3. The van der Waals surface area contributed by atoms with Gasteiger partial charge in [-0.1, -0.05) is 25.2 Å². The standard InChI is InChI=1S/C58H68F15N8O25P3/c1-9-13-94-107(90,97-24-37-32(82)16-40(101-37)78-20-28(5)44(83)74-48(78)86)105-35-18-42(79-21-29(6)45(84)75-49(79)87)103-39(35)26-99-109(92,96-15-11-3)106-36-19-43(80-22-30(7)46(85)76-50(80)88)102-38(36)25-98-108(91,95-14-10-2)104-34-17-41(100-33(34)12-4)81-23-31(8)47(77-51(81)89)93-27-52(59,60)53(61,62)54(63,64)55(65,66)56(67,68)57(69,70)58(71,72)73/h9-11,20-23,32-43,82H,1-3,12-19,24-27H2,4-8H3,(H,74,83,86)(H,75,84,87)(H,76,85,88). The Balaban J connectivity index is 1.02. The van der Waals surface area contributed by atoms with Crippen LogP contribution in [-0.2, 0) is 73.4 Å². The van der Waals surface area contributed by atoms with Crippen LogP contribution in [0.2, 0.25) is 0 Å². The summed E-state index contributed by atoms with van der Waals surface area (Å²) in [5.41, 5.74) is -7.66. The van der Waals surface area contributed by atoms with Gasteiger partial charge in [-0.05, 0) is 34.1 Å². The van der Waals surface area contributed by atoms with E-state index in [2.05, 4.69) is 44.4 Å². The molecule has 4 aliphatic heterocycles. The van der Waals surface area contributed by atoms with Gasteiger partial charge in [-0.3, -0.25) is 88.3 Å². The molecule has 109 heavy (non-hydrogen) atoms. The van der Waals surface area contributed by atoms with Gasteiger partial charge in [-0.15, -0.1) is 19.7 Å². The highest BCUT2D eigenvalue weighted by molar-refractivity contribution is 7.49. The molecule has 8 heterocycles. The van der Waals surface area contributed by atoms with Crippen LogP contribution < -0.4 is 44.2 Å². The van der Waals surface area contributed by atoms with Crippen LogP contribution in [0.4, 0.5) is 65.9 Å². The number of aromatic amines is 3. The van der Waals surface area contributed by atoms with Crippen LogP contribution in [0.3, 0.4) is 0 Å². The molecule has 51 heteroatoms. The number of phosphoric acid groups is 3. The number of phosphoric ester groups is 3. The summed E-state index contributed by atoms with van der Waals surface area (Å²) >= 11 is 0. The molecular weight excluding hydrogens is 1590 g/mol. The fourth-order valence-electron chi connectivity index (χ4n) is 10.9. The lowest BCUT2D eigenvalue weighted by Crippen LogP contribution is -2.73. The number of nitrogens with one attached hydrogen (secondary N) is 3. The Morgan fingerprint density at radius 3 is 1.17 bits per heavy atom. The molecule has 0 saturated carbocycles. The van der Waals surface area contributed by atoms with Crippen LogP contribution in [-0.4, -0.2) is 180 Å². The highest BCUT2D eigenvalue weighted by Gasteiger charge is 2.93. The molecule has 33 nitrogen and oxygen atoms in total. The number of hydrogen-bond donors (Lipinski definition) is 4. The number of aryl methyl sites for hydroxylation is 4. The Kier molecular flexibility index (Phi) is 26.8. The number of aromatic nitrogens is 8. The molecule has 4 saturated heterocycles. The van der Waals surface area contributed by atoms with Gasteiger partial charge in [0.25, 0.3) is 16.7 Å². The number of halogens is 15. The van der Waals surface area contributed by atoms with Crippen molar-refractivity contribution >= 4 is 23.5 Å². The highest BCUT2D eigenvalue weighted by Crippen LogP contribution is 2.63. The average molecular weight is 1660 g/mol. The van der Waals surface area contributed by atoms with Crippen molar-refractivity contribution in [2.45, 2.75) is 182 Å². The molecular formula is C58H68F15N8O25P3. The number of nitrogens with zero attached hydrogens (tertiary/aromatic N) is 5. The second-order valence-corrected chi connectivity index (χ2v) is 29.4. The summed E-state index contributed by atoms with van der Waals surface area (Å²) in [6.45, 7) is 8.84. The zero-order valence-corrected chi connectivity index (χ0v) is 59.8. The van der Waals surface area contributed by atoms with Crippen LogP contribution in [0.15, 0.2) is 96.3 Å². The summed E-state index contributed by atoms with van der Waals surface area (Å²) in [5, 5.41) is 11.0. The summed E-state index contributed by atoms with van der Waals surface area (Å²) < 4.78 is 336. The number of ether oxygens (including phenoxy) is 5. The number of rotatable bonds is 37. The Morgan fingerprint density at radius 2 is 0.798 bits per heavy atom. The van der Waals surface area contributed by atoms with E-state index in [1.54, 1.807) is 0 Å². The SMILES string of the molecule is C=CCOP(=O)(OCC1OC(n2cc(C)c(=O)[nH]c2=O)CC1OP(=O)(OCC=C)OCC1OC(n2cc(C)c(=O)[nH]c2=O)CC1OP(=O)(OCC=C)OCC1OC(n2cc(C)c(=O)[nH]c2=O)CC1O)OC1CC(n2cc(C)c(OCC(F)(F)C(F)(F)C(F)(F)C(F)(F)C(F)(F)C(F)(F)C(F)(F)F)nc2=O)OC1CC. The minimum Gasteiger partial charge on any atom is -0.471 e. The molecule has 8 rings (SSSR count). The average Bonchev–Trinajstić information content (AvgIpc) is 1.54. The Labute approximate surface area is 601 Å². The monoisotopic (exact) mass is 1650 g/mol. The van der Waals surface area contributed by atoms with E-state index in [9.17, 15) is 114 Å². The van der Waals surface area contributed by atoms with E-state index in [-0.39, 0.29) is 29.5 Å². The van der Waals surface area contributed by atoms with Crippen LogP contribution in [0, 0.1) is 27.7 Å². The maximum absolute atomic E-state index is 15.2. The van der Waals surface area contributed by atoms with Gasteiger partial charge in [-0.2, -0.15) is 70.8 Å². The van der Waals surface area contributed by atoms with E-state index in [1.165, 1.54) is 33.9 Å². The summed E-state index contributed by atoms with van der Waals surface area (Å²) in [4.78, 5) is 99.3. The molecule has 610 valence electrons. The quantitative estimate of drug-likeness (QED) is 0.0189. The van der Waals surface area contributed by atoms with E-state index in [4.69, 9.17) is 59.7 Å². The first kappa shape index (κ1) is 87.6. The molecule has 4 fully saturated rings. The lowest BCUT2D eigenvalue weighted by molar-refractivity contribution is -0.453. The first-order chi connectivity index (χ1) is 50.5. The predicted octanol–water partition coefficient (Wildman–Crippen LogP) is 7.94. The second-order valence-electron chi connectivity index (χ2n) is 24.6. The van der Waals surface area contributed by atoms with Crippen molar-refractivity contribution in [1.29, 1.82) is 0 Å². The normalized spacial score (nSPS) is 25.6. The molecule has 0 aromatic carbocycles. The van der Waals surface area contributed by atoms with Crippen LogP contribution in [0.25, 0.3) is 0 Å². The number of aliphatic hydroxyl groups is 1. The summed E-state index contributed by atoms with van der Waals surface area (Å²) in [7, 11) is -15.4. The van der Waals surface area contributed by atoms with Gasteiger partial charge in [-0.25, -0.2) is 32.9 Å². The van der Waals surface area contributed by atoms with E-state index >= 15 is 4.57 Å². The number of aliphatic hydroxyl groups excluding tert-OH is 1. The first-order valence-electron chi connectivity index (χ1n) is 31.8. The highest BCUT2D eigenvalue weighted by atomic mass is 31.2. The van der Waals surface area contributed by atoms with E-state index in [0.717, 1.165) is 51.2 Å². The maximum atomic E-state index is 15.2. The predicted molar refractivity (Wildman–Crippen MR) is 337 cm³/mol. The molecule has 4 aromatic rings. The van der Waals surface area contributed by atoms with Gasteiger partial charge >= 0.3 is 87.9 Å². The molecule has 4 aromatic heterocycles. The van der Waals surface area contributed by atoms with Crippen molar-refractivity contribution in [3.05, 3.63) is 158 Å². The molecule has 0 amide bonds.